The Morgan fingerprint density at radius 2 is 2.35 bits per heavy atom. The SMILES string of the molecule is CCCC(=O)C1C=CC(C)=C(S)C1(C)C1CNCCO1. The standard InChI is InChI=1S/C16H25NO2S/c1-4-5-13(18)12-7-6-11(2)15(20)16(12,3)14-10-17-8-9-19-14/h6-7,12,14,17,20H,4-5,8-10H2,1-3H3. The number of nitrogens with one attached hydrogen (secondary N) is 1. The van der Waals surface area contributed by atoms with E-state index in [9.17, 15) is 4.79 Å². The average Bonchev–Trinajstić information content (AvgIpc) is 2.46. The molecule has 0 aromatic heterocycles. The first-order chi connectivity index (χ1) is 9.51. The van der Waals surface area contributed by atoms with Crippen LogP contribution in [0.3, 0.4) is 0 Å². The Labute approximate surface area is 127 Å². The predicted molar refractivity (Wildman–Crippen MR) is 84.9 cm³/mol. The van der Waals surface area contributed by atoms with Crippen molar-refractivity contribution in [3.63, 3.8) is 0 Å². The molecule has 0 spiro atoms. The largest absolute Gasteiger partial charge is 0.375 e. The van der Waals surface area contributed by atoms with Gasteiger partial charge < -0.3 is 10.1 Å². The Kier molecular flexibility index (Phi) is 5.10. The summed E-state index contributed by atoms with van der Waals surface area (Å²) in [6.45, 7) is 8.56. The van der Waals surface area contributed by atoms with Gasteiger partial charge in [-0.2, -0.15) is 0 Å². The lowest BCUT2D eigenvalue weighted by molar-refractivity contribution is -0.128. The molecule has 0 radical (unpaired) electrons. The minimum atomic E-state index is -0.360. The number of allylic oxidation sites excluding steroid dienone is 3. The van der Waals surface area contributed by atoms with E-state index in [-0.39, 0.29) is 17.4 Å². The van der Waals surface area contributed by atoms with E-state index in [0.717, 1.165) is 30.0 Å². The van der Waals surface area contributed by atoms with E-state index in [1.165, 1.54) is 0 Å². The van der Waals surface area contributed by atoms with Crippen LogP contribution in [0, 0.1) is 11.3 Å². The first-order valence-electron chi connectivity index (χ1n) is 7.45. The van der Waals surface area contributed by atoms with Crippen molar-refractivity contribution < 1.29 is 9.53 Å². The van der Waals surface area contributed by atoms with E-state index >= 15 is 0 Å². The normalized spacial score (nSPS) is 34.4. The molecule has 1 saturated heterocycles. The minimum absolute atomic E-state index is 0.00513. The third-order valence-electron chi connectivity index (χ3n) is 4.51. The summed E-state index contributed by atoms with van der Waals surface area (Å²) in [6.07, 6.45) is 5.57. The fraction of sp³-hybridized carbons (Fsp3) is 0.688. The highest BCUT2D eigenvalue weighted by Crippen LogP contribution is 2.48. The van der Waals surface area contributed by atoms with Crippen LogP contribution >= 0.6 is 12.6 Å². The maximum absolute atomic E-state index is 12.5. The van der Waals surface area contributed by atoms with E-state index in [0.29, 0.717) is 18.8 Å². The molecule has 3 nitrogen and oxygen atoms in total. The molecule has 112 valence electrons. The van der Waals surface area contributed by atoms with Gasteiger partial charge in [-0.25, -0.2) is 0 Å². The highest BCUT2D eigenvalue weighted by atomic mass is 32.1. The summed E-state index contributed by atoms with van der Waals surface area (Å²) in [5, 5.41) is 3.37. The Morgan fingerprint density at radius 3 is 2.95 bits per heavy atom. The van der Waals surface area contributed by atoms with Crippen molar-refractivity contribution in [3.05, 3.63) is 22.6 Å². The smallest absolute Gasteiger partial charge is 0.140 e. The van der Waals surface area contributed by atoms with Crippen LogP contribution in [0.1, 0.15) is 33.6 Å². The van der Waals surface area contributed by atoms with Gasteiger partial charge in [0.2, 0.25) is 0 Å². The number of hydrogen-bond acceptors (Lipinski definition) is 4. The second-order valence-corrected chi connectivity index (χ2v) is 6.38. The molecule has 1 aliphatic heterocycles. The molecule has 20 heavy (non-hydrogen) atoms. The van der Waals surface area contributed by atoms with Crippen molar-refractivity contribution in [3.8, 4) is 0 Å². The van der Waals surface area contributed by atoms with Crippen LogP contribution in [-0.4, -0.2) is 31.6 Å². The van der Waals surface area contributed by atoms with Crippen LogP contribution in [0.2, 0.25) is 0 Å². The Morgan fingerprint density at radius 1 is 1.60 bits per heavy atom. The van der Waals surface area contributed by atoms with Gasteiger partial charge in [0.25, 0.3) is 0 Å². The zero-order chi connectivity index (χ0) is 14.8. The van der Waals surface area contributed by atoms with E-state index in [2.05, 4.69) is 12.2 Å². The first-order valence-corrected chi connectivity index (χ1v) is 7.90. The number of ether oxygens (including phenoxy) is 1. The Balaban J connectivity index is 2.35. The molecule has 0 bridgehead atoms. The molecule has 0 amide bonds. The molecule has 2 rings (SSSR count). The molecular formula is C16H25NO2S. The Bertz CT molecular complexity index is 438. The number of hydrogen-bond donors (Lipinski definition) is 2. The molecule has 1 N–H and O–H groups in total. The number of thiol groups is 1. The minimum Gasteiger partial charge on any atom is -0.375 e. The fourth-order valence-corrected chi connectivity index (χ4v) is 3.60. The number of morpholine rings is 1. The summed E-state index contributed by atoms with van der Waals surface area (Å²) in [5.41, 5.74) is 0.771. The van der Waals surface area contributed by atoms with Crippen molar-refractivity contribution in [2.75, 3.05) is 19.7 Å². The van der Waals surface area contributed by atoms with Gasteiger partial charge in [0.05, 0.1) is 12.7 Å². The molecule has 1 aliphatic carbocycles. The molecule has 1 fully saturated rings. The van der Waals surface area contributed by atoms with Gasteiger partial charge in [-0.05, 0) is 23.8 Å². The zero-order valence-corrected chi connectivity index (χ0v) is 13.5. The van der Waals surface area contributed by atoms with Gasteiger partial charge in [-0.15, -0.1) is 12.6 Å². The van der Waals surface area contributed by atoms with Gasteiger partial charge >= 0.3 is 0 Å². The second kappa shape index (κ2) is 6.46. The highest BCUT2D eigenvalue weighted by molar-refractivity contribution is 7.84. The van der Waals surface area contributed by atoms with Crippen molar-refractivity contribution in [1.82, 2.24) is 5.32 Å². The average molecular weight is 295 g/mol. The molecule has 1 heterocycles. The lowest BCUT2D eigenvalue weighted by Crippen LogP contribution is -2.53. The number of carbonyl (C=O) groups is 1. The van der Waals surface area contributed by atoms with Crippen molar-refractivity contribution in [1.29, 1.82) is 0 Å². The van der Waals surface area contributed by atoms with Crippen LogP contribution in [0.25, 0.3) is 0 Å². The molecule has 0 saturated carbocycles. The van der Waals surface area contributed by atoms with E-state index < -0.39 is 0 Å². The van der Waals surface area contributed by atoms with Gasteiger partial charge in [0.15, 0.2) is 0 Å². The molecule has 2 aliphatic rings. The molecular weight excluding hydrogens is 270 g/mol. The van der Waals surface area contributed by atoms with Crippen LogP contribution < -0.4 is 5.32 Å². The summed E-state index contributed by atoms with van der Waals surface area (Å²) >= 11 is 4.74. The third-order valence-corrected chi connectivity index (χ3v) is 5.34. The van der Waals surface area contributed by atoms with Gasteiger partial charge in [-0.3, -0.25) is 4.79 Å². The van der Waals surface area contributed by atoms with E-state index in [1.54, 1.807) is 0 Å². The molecule has 0 aromatic rings. The van der Waals surface area contributed by atoms with Gasteiger partial charge in [0, 0.05) is 30.8 Å². The predicted octanol–water partition coefficient (Wildman–Crippen LogP) is 2.74. The zero-order valence-electron chi connectivity index (χ0n) is 12.6. The van der Waals surface area contributed by atoms with E-state index in [4.69, 9.17) is 17.4 Å². The summed E-state index contributed by atoms with van der Waals surface area (Å²) in [5.74, 6) is 0.156. The van der Waals surface area contributed by atoms with Crippen molar-refractivity contribution >= 4 is 18.4 Å². The number of rotatable bonds is 4. The van der Waals surface area contributed by atoms with Crippen LogP contribution in [0.5, 0.6) is 0 Å². The molecule has 0 aromatic carbocycles. The number of ketones is 1. The highest BCUT2D eigenvalue weighted by Gasteiger charge is 2.48. The fourth-order valence-electron chi connectivity index (χ4n) is 3.24. The number of Topliss-reactive ketones (excluding diaryl/α,β-unsaturated/α-hetero) is 1. The lowest BCUT2D eigenvalue weighted by atomic mass is 9.66. The maximum atomic E-state index is 12.5. The van der Waals surface area contributed by atoms with Crippen molar-refractivity contribution in [2.45, 2.75) is 39.7 Å². The summed E-state index contributed by atoms with van der Waals surface area (Å²) < 4.78 is 5.97. The summed E-state index contributed by atoms with van der Waals surface area (Å²) in [6, 6.07) is 0. The summed E-state index contributed by atoms with van der Waals surface area (Å²) in [4.78, 5) is 13.5. The van der Waals surface area contributed by atoms with Crippen LogP contribution in [-0.2, 0) is 9.53 Å². The maximum Gasteiger partial charge on any atom is 0.140 e. The quantitative estimate of drug-likeness (QED) is 0.783. The topological polar surface area (TPSA) is 38.3 Å². The Hall–Kier alpha value is -0.580. The molecule has 4 heteroatoms. The van der Waals surface area contributed by atoms with Gasteiger partial charge in [-0.1, -0.05) is 26.0 Å². The molecule has 3 unspecified atom stereocenters. The summed E-state index contributed by atoms with van der Waals surface area (Å²) in [7, 11) is 0. The van der Waals surface area contributed by atoms with Gasteiger partial charge in [0.1, 0.15) is 5.78 Å². The van der Waals surface area contributed by atoms with Crippen LogP contribution in [0.15, 0.2) is 22.6 Å². The number of carbonyl (C=O) groups excluding carboxylic acids is 1. The molecule has 3 atom stereocenters. The lowest BCUT2D eigenvalue weighted by Gasteiger charge is -2.46. The van der Waals surface area contributed by atoms with Crippen LogP contribution in [0.4, 0.5) is 0 Å². The first kappa shape index (κ1) is 15.8. The van der Waals surface area contributed by atoms with Crippen molar-refractivity contribution in [2.24, 2.45) is 11.3 Å². The van der Waals surface area contributed by atoms with E-state index in [1.807, 2.05) is 26.0 Å². The monoisotopic (exact) mass is 295 g/mol. The second-order valence-electron chi connectivity index (χ2n) is 5.93. The third kappa shape index (κ3) is 2.74.